The topological polar surface area (TPSA) is 66.4 Å². The Kier molecular flexibility index (Phi) is 4.04. The maximum absolute atomic E-state index is 13.2. The zero-order valence-corrected chi connectivity index (χ0v) is 10.8. The largest absolute Gasteiger partial charge is 0.480 e. The molecule has 1 fully saturated rings. The number of carboxylic acid groups (broad SMARTS) is 1. The van der Waals surface area contributed by atoms with E-state index in [9.17, 15) is 14.0 Å². The first-order valence-corrected chi connectivity index (χ1v) is 6.34. The van der Waals surface area contributed by atoms with Crippen LogP contribution in [-0.4, -0.2) is 23.0 Å². The van der Waals surface area contributed by atoms with Gasteiger partial charge in [-0.1, -0.05) is 30.5 Å². The molecule has 6 heteroatoms. The third-order valence-electron chi connectivity index (χ3n) is 3.07. The summed E-state index contributed by atoms with van der Waals surface area (Å²) in [5, 5.41) is 11.1. The molecule has 1 aliphatic rings. The Hall–Kier alpha value is -1.62. The Morgan fingerprint density at radius 1 is 1.47 bits per heavy atom. The number of nitrogens with one attached hydrogen (secondary N) is 1. The first-order valence-electron chi connectivity index (χ1n) is 5.96. The molecule has 1 atom stereocenters. The number of aliphatic carboxylic acids is 1. The van der Waals surface area contributed by atoms with Gasteiger partial charge in [0.2, 0.25) is 0 Å². The molecule has 2 N–H and O–H groups in total. The number of hydrogen-bond acceptors (Lipinski definition) is 2. The van der Waals surface area contributed by atoms with Crippen molar-refractivity contribution in [3.05, 3.63) is 34.6 Å². The Morgan fingerprint density at radius 2 is 2.16 bits per heavy atom. The molecule has 19 heavy (non-hydrogen) atoms. The van der Waals surface area contributed by atoms with E-state index in [1.807, 2.05) is 0 Å². The Labute approximate surface area is 114 Å². The van der Waals surface area contributed by atoms with Crippen molar-refractivity contribution >= 4 is 23.5 Å². The predicted molar refractivity (Wildman–Crippen MR) is 67.6 cm³/mol. The van der Waals surface area contributed by atoms with Crippen molar-refractivity contribution in [2.24, 2.45) is 5.92 Å². The highest BCUT2D eigenvalue weighted by atomic mass is 35.5. The summed E-state index contributed by atoms with van der Waals surface area (Å²) in [6.45, 7) is 0. The standard InChI is InChI=1S/C13H13ClFNO3/c14-11-8(2-1-3-9(11)15)12(17)16-10(13(18)19)6-7-4-5-7/h1-3,7,10H,4-6H2,(H,16,17)(H,18,19). The summed E-state index contributed by atoms with van der Waals surface area (Å²) in [5.41, 5.74) is -0.0521. The molecule has 0 radical (unpaired) electrons. The van der Waals surface area contributed by atoms with E-state index in [4.69, 9.17) is 16.7 Å². The summed E-state index contributed by atoms with van der Waals surface area (Å²) >= 11 is 5.69. The van der Waals surface area contributed by atoms with Crippen molar-refractivity contribution in [3.63, 3.8) is 0 Å². The lowest BCUT2D eigenvalue weighted by Gasteiger charge is -2.14. The molecule has 1 saturated carbocycles. The van der Waals surface area contributed by atoms with Gasteiger partial charge < -0.3 is 10.4 Å². The summed E-state index contributed by atoms with van der Waals surface area (Å²) in [6.07, 6.45) is 2.37. The molecular formula is C13H13ClFNO3. The smallest absolute Gasteiger partial charge is 0.326 e. The van der Waals surface area contributed by atoms with E-state index in [0.29, 0.717) is 12.3 Å². The molecular weight excluding hydrogens is 273 g/mol. The van der Waals surface area contributed by atoms with Crippen LogP contribution in [0.25, 0.3) is 0 Å². The molecule has 1 aromatic rings. The lowest BCUT2D eigenvalue weighted by Crippen LogP contribution is -2.41. The molecule has 0 aliphatic heterocycles. The van der Waals surface area contributed by atoms with Gasteiger partial charge in [0, 0.05) is 0 Å². The fourth-order valence-corrected chi connectivity index (χ4v) is 2.04. The van der Waals surface area contributed by atoms with Crippen molar-refractivity contribution in [1.82, 2.24) is 5.32 Å². The average molecular weight is 286 g/mol. The van der Waals surface area contributed by atoms with Gasteiger partial charge in [-0.2, -0.15) is 0 Å². The minimum Gasteiger partial charge on any atom is -0.480 e. The summed E-state index contributed by atoms with van der Waals surface area (Å²) in [4.78, 5) is 23.0. The molecule has 1 unspecified atom stereocenters. The van der Waals surface area contributed by atoms with E-state index >= 15 is 0 Å². The third kappa shape index (κ3) is 3.44. The van der Waals surface area contributed by atoms with Gasteiger partial charge in [0.15, 0.2) is 0 Å². The monoisotopic (exact) mass is 285 g/mol. The average Bonchev–Trinajstić information content (AvgIpc) is 3.15. The number of hydrogen-bond donors (Lipinski definition) is 2. The molecule has 0 saturated heterocycles. The van der Waals surface area contributed by atoms with E-state index in [0.717, 1.165) is 18.9 Å². The Morgan fingerprint density at radius 3 is 2.74 bits per heavy atom. The SMILES string of the molecule is O=C(NC(CC1CC1)C(=O)O)c1cccc(F)c1Cl. The van der Waals surface area contributed by atoms with Crippen LogP contribution < -0.4 is 5.32 Å². The maximum Gasteiger partial charge on any atom is 0.326 e. The molecule has 0 heterocycles. The lowest BCUT2D eigenvalue weighted by atomic mass is 10.1. The van der Waals surface area contributed by atoms with Crippen LogP contribution in [0.2, 0.25) is 5.02 Å². The number of halogens is 2. The quantitative estimate of drug-likeness (QED) is 0.873. The molecule has 1 aliphatic carbocycles. The minimum atomic E-state index is -1.09. The predicted octanol–water partition coefficient (Wildman–Crippen LogP) is 2.46. The number of carbonyl (C=O) groups excluding carboxylic acids is 1. The zero-order chi connectivity index (χ0) is 14.0. The van der Waals surface area contributed by atoms with Crippen LogP contribution in [0.1, 0.15) is 29.6 Å². The molecule has 0 aromatic heterocycles. The summed E-state index contributed by atoms with van der Waals surface area (Å²) < 4.78 is 13.2. The molecule has 0 spiro atoms. The van der Waals surface area contributed by atoms with E-state index in [1.165, 1.54) is 12.1 Å². The summed E-state index contributed by atoms with van der Waals surface area (Å²) in [7, 11) is 0. The molecule has 4 nitrogen and oxygen atoms in total. The highest BCUT2D eigenvalue weighted by Crippen LogP contribution is 2.33. The normalized spacial score (nSPS) is 15.9. The molecule has 0 bridgehead atoms. The molecule has 2 rings (SSSR count). The van der Waals surface area contributed by atoms with Crippen LogP contribution in [-0.2, 0) is 4.79 Å². The number of carbonyl (C=O) groups is 2. The van der Waals surface area contributed by atoms with Crippen LogP contribution in [0.5, 0.6) is 0 Å². The first-order chi connectivity index (χ1) is 8.99. The van der Waals surface area contributed by atoms with E-state index in [1.54, 1.807) is 0 Å². The van der Waals surface area contributed by atoms with E-state index in [2.05, 4.69) is 5.32 Å². The van der Waals surface area contributed by atoms with Crippen molar-refractivity contribution in [3.8, 4) is 0 Å². The number of carboxylic acids is 1. The Bertz CT molecular complexity index is 517. The highest BCUT2D eigenvalue weighted by molar-refractivity contribution is 6.34. The third-order valence-corrected chi connectivity index (χ3v) is 3.45. The maximum atomic E-state index is 13.2. The van der Waals surface area contributed by atoms with Gasteiger partial charge in [-0.3, -0.25) is 4.79 Å². The number of amides is 1. The van der Waals surface area contributed by atoms with Crippen LogP contribution in [0, 0.1) is 11.7 Å². The molecule has 1 aromatic carbocycles. The summed E-state index contributed by atoms with van der Waals surface area (Å²) in [6, 6.07) is 2.89. The second-order valence-corrected chi connectivity index (χ2v) is 5.02. The fraction of sp³-hybridized carbons (Fsp3) is 0.385. The van der Waals surface area contributed by atoms with Crippen molar-refractivity contribution < 1.29 is 19.1 Å². The van der Waals surface area contributed by atoms with Gasteiger partial charge in [-0.15, -0.1) is 0 Å². The van der Waals surface area contributed by atoms with Crippen LogP contribution in [0.3, 0.4) is 0 Å². The van der Waals surface area contributed by atoms with E-state index in [-0.39, 0.29) is 10.6 Å². The van der Waals surface area contributed by atoms with Crippen LogP contribution >= 0.6 is 11.6 Å². The molecule has 1 amide bonds. The summed E-state index contributed by atoms with van der Waals surface area (Å²) in [5.74, 6) is -2.11. The number of rotatable bonds is 5. The van der Waals surface area contributed by atoms with Gasteiger partial charge in [0.1, 0.15) is 11.9 Å². The van der Waals surface area contributed by atoms with Gasteiger partial charge in [-0.25, -0.2) is 9.18 Å². The van der Waals surface area contributed by atoms with Gasteiger partial charge >= 0.3 is 5.97 Å². The van der Waals surface area contributed by atoms with Gasteiger partial charge in [0.05, 0.1) is 10.6 Å². The highest BCUT2D eigenvalue weighted by Gasteiger charge is 2.30. The second-order valence-electron chi connectivity index (χ2n) is 4.64. The number of benzene rings is 1. The zero-order valence-electron chi connectivity index (χ0n) is 10.0. The van der Waals surface area contributed by atoms with Gasteiger partial charge in [0.25, 0.3) is 5.91 Å². The molecule has 102 valence electrons. The lowest BCUT2D eigenvalue weighted by molar-refractivity contribution is -0.139. The van der Waals surface area contributed by atoms with E-state index < -0.39 is 23.7 Å². The van der Waals surface area contributed by atoms with Crippen molar-refractivity contribution in [2.45, 2.75) is 25.3 Å². The Balaban J connectivity index is 2.09. The van der Waals surface area contributed by atoms with Crippen LogP contribution in [0.15, 0.2) is 18.2 Å². The minimum absolute atomic E-state index is 0.0521. The first kappa shape index (κ1) is 13.8. The van der Waals surface area contributed by atoms with Crippen molar-refractivity contribution in [2.75, 3.05) is 0 Å². The van der Waals surface area contributed by atoms with Crippen molar-refractivity contribution in [1.29, 1.82) is 0 Å². The second kappa shape index (κ2) is 5.57. The fourth-order valence-electron chi connectivity index (χ4n) is 1.82. The van der Waals surface area contributed by atoms with Gasteiger partial charge in [-0.05, 0) is 24.5 Å². The van der Waals surface area contributed by atoms with Crippen LogP contribution in [0.4, 0.5) is 4.39 Å².